The summed E-state index contributed by atoms with van der Waals surface area (Å²) in [5, 5.41) is 14.2. The van der Waals surface area contributed by atoms with Crippen molar-refractivity contribution in [2.24, 2.45) is 5.16 Å². The highest BCUT2D eigenvalue weighted by atomic mass is 16.4. The topological polar surface area (TPSA) is 52.9 Å². The van der Waals surface area contributed by atoms with E-state index in [1.54, 1.807) is 0 Å². The van der Waals surface area contributed by atoms with Gasteiger partial charge in [-0.15, -0.1) is 0 Å². The van der Waals surface area contributed by atoms with Crippen molar-refractivity contribution in [1.82, 2.24) is 4.90 Å². The van der Waals surface area contributed by atoms with Crippen molar-refractivity contribution >= 4 is 22.4 Å². The van der Waals surface area contributed by atoms with Gasteiger partial charge in [-0.2, -0.15) is 0 Å². The third-order valence-electron chi connectivity index (χ3n) is 3.77. The number of fused-ring (bicyclic) bond motifs is 1. The van der Waals surface area contributed by atoms with Gasteiger partial charge in [-0.25, -0.2) is 0 Å². The summed E-state index contributed by atoms with van der Waals surface area (Å²) in [6.45, 7) is 1.23. The molecule has 1 N–H and O–H groups in total. The highest BCUT2D eigenvalue weighted by Gasteiger charge is 2.21. The molecule has 0 radical (unpaired) electrons. The van der Waals surface area contributed by atoms with Gasteiger partial charge in [-0.05, 0) is 22.9 Å². The van der Waals surface area contributed by atoms with Crippen LogP contribution in [0, 0.1) is 0 Å². The first kappa shape index (κ1) is 12.7. The Balaban J connectivity index is 1.82. The number of hydrogen-bond acceptors (Lipinski definition) is 3. The average Bonchev–Trinajstić information content (AvgIpc) is 2.54. The monoisotopic (exact) mass is 268 g/mol. The third kappa shape index (κ3) is 2.37. The number of carbonyl (C=O) groups is 1. The molecule has 1 saturated heterocycles. The molecule has 0 saturated carbocycles. The predicted molar refractivity (Wildman–Crippen MR) is 78.3 cm³/mol. The van der Waals surface area contributed by atoms with E-state index in [0.29, 0.717) is 31.5 Å². The van der Waals surface area contributed by atoms with Crippen molar-refractivity contribution in [3.63, 3.8) is 0 Å². The Morgan fingerprint density at radius 1 is 1.05 bits per heavy atom. The minimum Gasteiger partial charge on any atom is -0.411 e. The standard InChI is InChI=1S/C16H16N2O2/c19-16(18-9-7-15(17-20)8-10-18)14-6-5-12-3-1-2-4-13(12)11-14/h1-6,11,20H,7-10H2. The predicted octanol–water partition coefficient (Wildman–Crippen LogP) is 2.91. The fourth-order valence-corrected chi connectivity index (χ4v) is 2.57. The first-order valence-corrected chi connectivity index (χ1v) is 6.76. The van der Waals surface area contributed by atoms with Gasteiger partial charge in [-0.3, -0.25) is 4.79 Å². The molecule has 1 heterocycles. The van der Waals surface area contributed by atoms with Crippen LogP contribution in [0.5, 0.6) is 0 Å². The van der Waals surface area contributed by atoms with E-state index in [4.69, 9.17) is 5.21 Å². The largest absolute Gasteiger partial charge is 0.411 e. The SMILES string of the molecule is O=C(c1ccc2ccccc2c1)N1CCC(=NO)CC1. The van der Waals surface area contributed by atoms with Crippen LogP contribution in [0.2, 0.25) is 0 Å². The first-order chi connectivity index (χ1) is 9.78. The highest BCUT2D eigenvalue weighted by molar-refractivity contribution is 5.99. The molecule has 2 aromatic carbocycles. The smallest absolute Gasteiger partial charge is 0.253 e. The first-order valence-electron chi connectivity index (χ1n) is 6.76. The fourth-order valence-electron chi connectivity index (χ4n) is 2.57. The Morgan fingerprint density at radius 2 is 1.75 bits per heavy atom. The van der Waals surface area contributed by atoms with Crippen LogP contribution in [0.3, 0.4) is 0 Å². The van der Waals surface area contributed by atoms with Crippen LogP contribution in [0.15, 0.2) is 47.6 Å². The Hall–Kier alpha value is -2.36. The summed E-state index contributed by atoms with van der Waals surface area (Å²) in [6, 6.07) is 13.8. The molecule has 1 aliphatic rings. The second-order valence-electron chi connectivity index (χ2n) is 5.02. The summed E-state index contributed by atoms with van der Waals surface area (Å²) in [5.41, 5.74) is 1.49. The van der Waals surface area contributed by atoms with Crippen LogP contribution in [-0.2, 0) is 0 Å². The number of rotatable bonds is 1. The second-order valence-corrected chi connectivity index (χ2v) is 5.02. The summed E-state index contributed by atoms with van der Waals surface area (Å²) in [4.78, 5) is 14.3. The van der Waals surface area contributed by atoms with E-state index in [-0.39, 0.29) is 5.91 Å². The van der Waals surface area contributed by atoms with Gasteiger partial charge in [0, 0.05) is 31.5 Å². The molecule has 0 spiro atoms. The van der Waals surface area contributed by atoms with E-state index in [2.05, 4.69) is 5.16 Å². The molecule has 2 aromatic rings. The average molecular weight is 268 g/mol. The molecule has 20 heavy (non-hydrogen) atoms. The van der Waals surface area contributed by atoms with Crippen molar-refractivity contribution in [3.8, 4) is 0 Å². The fraction of sp³-hybridized carbons (Fsp3) is 0.250. The van der Waals surface area contributed by atoms with E-state index in [1.807, 2.05) is 47.4 Å². The van der Waals surface area contributed by atoms with Gasteiger partial charge in [0.25, 0.3) is 5.91 Å². The highest BCUT2D eigenvalue weighted by Crippen LogP contribution is 2.18. The normalized spacial score (nSPS) is 15.4. The summed E-state index contributed by atoms with van der Waals surface area (Å²) in [7, 11) is 0. The second kappa shape index (κ2) is 5.33. The number of likely N-dealkylation sites (tertiary alicyclic amines) is 1. The lowest BCUT2D eigenvalue weighted by molar-refractivity contribution is 0.0754. The number of nitrogens with zero attached hydrogens (tertiary/aromatic N) is 2. The molecule has 1 fully saturated rings. The van der Waals surface area contributed by atoms with Gasteiger partial charge in [-0.1, -0.05) is 35.5 Å². The third-order valence-corrected chi connectivity index (χ3v) is 3.77. The Bertz CT molecular complexity index is 669. The Kier molecular flexibility index (Phi) is 3.37. The molecule has 102 valence electrons. The summed E-state index contributed by atoms with van der Waals surface area (Å²) >= 11 is 0. The number of amides is 1. The maximum Gasteiger partial charge on any atom is 0.253 e. The molecule has 3 rings (SSSR count). The van der Waals surface area contributed by atoms with Gasteiger partial charge in [0.15, 0.2) is 0 Å². The Morgan fingerprint density at radius 3 is 2.45 bits per heavy atom. The molecule has 0 aliphatic carbocycles. The quantitative estimate of drug-likeness (QED) is 0.638. The summed E-state index contributed by atoms with van der Waals surface area (Å²) < 4.78 is 0. The lowest BCUT2D eigenvalue weighted by Crippen LogP contribution is -2.38. The molecule has 0 atom stereocenters. The van der Waals surface area contributed by atoms with Crippen molar-refractivity contribution in [2.45, 2.75) is 12.8 Å². The van der Waals surface area contributed by atoms with E-state index in [1.165, 1.54) is 0 Å². The van der Waals surface area contributed by atoms with Crippen LogP contribution >= 0.6 is 0 Å². The minimum absolute atomic E-state index is 0.0488. The van der Waals surface area contributed by atoms with Crippen molar-refractivity contribution in [2.75, 3.05) is 13.1 Å². The lowest BCUT2D eigenvalue weighted by atomic mass is 10.0. The van der Waals surface area contributed by atoms with E-state index in [9.17, 15) is 4.79 Å². The molecular formula is C16H16N2O2. The van der Waals surface area contributed by atoms with Crippen molar-refractivity contribution in [3.05, 3.63) is 48.0 Å². The number of piperidine rings is 1. The molecular weight excluding hydrogens is 252 g/mol. The lowest BCUT2D eigenvalue weighted by Gasteiger charge is -2.27. The zero-order valence-corrected chi connectivity index (χ0v) is 11.1. The molecule has 0 aromatic heterocycles. The number of oxime groups is 1. The molecule has 4 heteroatoms. The van der Waals surface area contributed by atoms with Gasteiger partial charge in [0.2, 0.25) is 0 Å². The summed E-state index contributed by atoms with van der Waals surface area (Å²) in [6.07, 6.45) is 1.30. The van der Waals surface area contributed by atoms with E-state index >= 15 is 0 Å². The van der Waals surface area contributed by atoms with Crippen LogP contribution in [-0.4, -0.2) is 34.8 Å². The van der Waals surface area contributed by atoms with Crippen molar-refractivity contribution < 1.29 is 10.0 Å². The molecule has 1 amide bonds. The minimum atomic E-state index is 0.0488. The van der Waals surface area contributed by atoms with Gasteiger partial charge in [0.05, 0.1) is 5.71 Å². The molecule has 4 nitrogen and oxygen atoms in total. The zero-order chi connectivity index (χ0) is 13.9. The van der Waals surface area contributed by atoms with Crippen LogP contribution in [0.25, 0.3) is 10.8 Å². The van der Waals surface area contributed by atoms with Crippen LogP contribution in [0.4, 0.5) is 0 Å². The Labute approximate surface area is 117 Å². The number of benzene rings is 2. The van der Waals surface area contributed by atoms with Crippen LogP contribution < -0.4 is 0 Å². The molecule has 0 unspecified atom stereocenters. The van der Waals surface area contributed by atoms with E-state index < -0.39 is 0 Å². The maximum atomic E-state index is 12.5. The number of carbonyl (C=O) groups excluding carboxylic acids is 1. The van der Waals surface area contributed by atoms with Crippen molar-refractivity contribution in [1.29, 1.82) is 0 Å². The van der Waals surface area contributed by atoms with E-state index in [0.717, 1.165) is 16.5 Å². The molecule has 0 bridgehead atoms. The zero-order valence-electron chi connectivity index (χ0n) is 11.1. The van der Waals surface area contributed by atoms with Gasteiger partial charge < -0.3 is 10.1 Å². The van der Waals surface area contributed by atoms with Gasteiger partial charge >= 0.3 is 0 Å². The number of hydrogen-bond donors (Lipinski definition) is 1. The molecule has 1 aliphatic heterocycles. The maximum absolute atomic E-state index is 12.5. The summed E-state index contributed by atoms with van der Waals surface area (Å²) in [5.74, 6) is 0.0488. The van der Waals surface area contributed by atoms with Gasteiger partial charge in [0.1, 0.15) is 0 Å². The van der Waals surface area contributed by atoms with Crippen LogP contribution in [0.1, 0.15) is 23.2 Å².